The molecule has 230 valence electrons. The Morgan fingerprint density at radius 1 is 1.26 bits per heavy atom. The second kappa shape index (κ2) is 13.6. The molecule has 0 aliphatic carbocycles. The quantitative estimate of drug-likeness (QED) is 0.155. The van der Waals surface area contributed by atoms with Gasteiger partial charge in [0.1, 0.15) is 48.6 Å². The molecular formula is C29H34FN4O8P. The van der Waals surface area contributed by atoms with Gasteiger partial charge in [-0.2, -0.15) is 10.1 Å². The van der Waals surface area contributed by atoms with E-state index in [1.54, 1.807) is 42.5 Å². The van der Waals surface area contributed by atoms with Crippen LogP contribution in [0.1, 0.15) is 25.5 Å². The Balaban J connectivity index is 1.51. The first-order chi connectivity index (χ1) is 20.4. The number of aromatic nitrogens is 2. The van der Waals surface area contributed by atoms with Gasteiger partial charge < -0.3 is 24.8 Å². The Labute approximate surface area is 247 Å². The molecule has 0 radical (unpaired) electrons. The summed E-state index contributed by atoms with van der Waals surface area (Å²) in [5, 5.41) is 13.6. The number of hydrogen-bond acceptors (Lipinski definition) is 10. The van der Waals surface area contributed by atoms with E-state index >= 15 is 4.39 Å². The highest BCUT2D eigenvalue weighted by molar-refractivity contribution is 7.52. The van der Waals surface area contributed by atoms with Gasteiger partial charge in [0, 0.05) is 6.20 Å². The molecule has 1 saturated heterocycles. The van der Waals surface area contributed by atoms with Crippen LogP contribution in [0.15, 0.2) is 90.4 Å². The molecule has 7 atom stereocenters. The molecule has 4 unspecified atom stereocenters. The van der Waals surface area contributed by atoms with E-state index in [9.17, 15) is 19.3 Å². The highest BCUT2D eigenvalue weighted by atomic mass is 31.2. The number of carbonyl (C=O) groups is 1. The van der Waals surface area contributed by atoms with Gasteiger partial charge >= 0.3 is 19.4 Å². The normalized spacial score (nSPS) is 25.7. The lowest BCUT2D eigenvalue weighted by Gasteiger charge is -2.47. The largest absolute Gasteiger partial charge is 0.460 e. The van der Waals surface area contributed by atoms with Crippen LogP contribution in [0.4, 0.5) is 10.2 Å². The second-order valence-corrected chi connectivity index (χ2v) is 11.8. The Morgan fingerprint density at radius 3 is 2.53 bits per heavy atom. The molecule has 3 aromatic rings. The van der Waals surface area contributed by atoms with Gasteiger partial charge in [-0.05, 0) is 37.6 Å². The maximum atomic E-state index is 16.3. The third-order valence-electron chi connectivity index (χ3n) is 6.84. The van der Waals surface area contributed by atoms with E-state index in [1.165, 1.54) is 37.4 Å². The topological polar surface area (TPSA) is 164 Å². The van der Waals surface area contributed by atoms with Crippen molar-refractivity contribution in [3.05, 3.63) is 102 Å². The molecule has 0 spiro atoms. The molecule has 2 aromatic carbocycles. The highest BCUT2D eigenvalue weighted by Crippen LogP contribution is 2.47. The number of carbonyl (C=O) groups excluding carboxylic acids is 1. The number of alkyl halides is 1. The minimum absolute atomic E-state index is 0.00962. The van der Waals surface area contributed by atoms with Gasteiger partial charge in [-0.25, -0.2) is 13.8 Å². The maximum Gasteiger partial charge on any atom is 0.459 e. The molecule has 14 heteroatoms. The molecule has 2 heterocycles. The number of aliphatic hydroxyl groups is 1. The summed E-state index contributed by atoms with van der Waals surface area (Å²) in [7, 11) is -4.37. The fourth-order valence-corrected chi connectivity index (χ4v) is 6.12. The lowest BCUT2D eigenvalue weighted by atomic mass is 9.82. The maximum absolute atomic E-state index is 16.3. The average molecular weight is 617 g/mol. The smallest absolute Gasteiger partial charge is 0.459 e. The Hall–Kier alpha value is -3.87. The van der Waals surface area contributed by atoms with Crippen molar-refractivity contribution in [2.45, 2.75) is 56.5 Å². The van der Waals surface area contributed by atoms with Crippen LogP contribution in [0, 0.1) is 0 Å². The van der Waals surface area contributed by atoms with Gasteiger partial charge in [0.15, 0.2) is 5.67 Å². The van der Waals surface area contributed by atoms with Crippen LogP contribution in [0.2, 0.25) is 0 Å². The Kier molecular flexibility index (Phi) is 10.2. The minimum Gasteiger partial charge on any atom is -0.460 e. The molecule has 43 heavy (non-hydrogen) atoms. The van der Waals surface area contributed by atoms with Gasteiger partial charge in [0.25, 0.3) is 0 Å². The van der Waals surface area contributed by atoms with Crippen LogP contribution in [-0.4, -0.2) is 57.3 Å². The van der Waals surface area contributed by atoms with Crippen molar-refractivity contribution in [1.29, 1.82) is 0 Å². The molecule has 0 bridgehead atoms. The summed E-state index contributed by atoms with van der Waals surface area (Å²) in [5.41, 5.74) is 3.01. The van der Waals surface area contributed by atoms with Crippen LogP contribution in [0.25, 0.3) is 0 Å². The number of hydrogen-bond donors (Lipinski definition) is 3. The third-order valence-corrected chi connectivity index (χ3v) is 8.49. The minimum atomic E-state index is -4.37. The number of benzene rings is 2. The van der Waals surface area contributed by atoms with Crippen molar-refractivity contribution in [3.63, 3.8) is 0 Å². The van der Waals surface area contributed by atoms with E-state index in [4.69, 9.17) is 24.3 Å². The number of nitrogens with zero attached hydrogens (tertiary/aromatic N) is 2. The van der Waals surface area contributed by atoms with E-state index in [1.807, 2.05) is 6.07 Å². The van der Waals surface area contributed by atoms with Gasteiger partial charge in [0.2, 0.25) is 0 Å². The van der Waals surface area contributed by atoms with Crippen LogP contribution < -0.4 is 21.0 Å². The fourth-order valence-electron chi connectivity index (χ4n) is 4.62. The second-order valence-electron chi connectivity index (χ2n) is 10.1. The molecule has 12 nitrogen and oxygen atoms in total. The lowest BCUT2D eigenvalue weighted by molar-refractivity contribution is -0.206. The molecule has 1 aliphatic heterocycles. The van der Waals surface area contributed by atoms with Gasteiger partial charge in [-0.15, -0.1) is 6.58 Å². The molecule has 1 fully saturated rings. The number of anilines is 1. The number of nitrogen functional groups attached to an aromatic ring is 1. The monoisotopic (exact) mass is 616 g/mol. The number of ether oxygens (including phenoxy) is 2. The molecule has 4 N–H and O–H groups in total. The molecule has 0 saturated carbocycles. The van der Waals surface area contributed by atoms with E-state index in [0.717, 1.165) is 17.1 Å². The Morgan fingerprint density at radius 2 is 1.91 bits per heavy atom. The predicted molar refractivity (Wildman–Crippen MR) is 156 cm³/mol. The van der Waals surface area contributed by atoms with Crippen LogP contribution in [0.5, 0.6) is 5.75 Å². The summed E-state index contributed by atoms with van der Waals surface area (Å²) in [5.74, 6) is -0.630. The standard InChI is InChI=1S/C29H34FN4O8P/c1-4-22-25(34-16-15-24(31)32-28(34)37)29(3,30)26(35)23(41-22)18-40-43(38,42-21-13-9-6-10-14-21)33-19(2)27(36)39-17-20-11-7-5-8-12-20/h4-16,19,22-23,25-26,35H,1,17-18H2,2-3H3,(H,33,38)(H2,31,32,37)/t19-,22?,23+,25+,26?,29?,43?/m0/s1. The van der Waals surface area contributed by atoms with Gasteiger partial charge in [0.05, 0.1) is 6.61 Å². The summed E-state index contributed by atoms with van der Waals surface area (Å²) in [6.45, 7) is 5.55. The number of aliphatic hydroxyl groups excluding tert-OH is 1. The summed E-state index contributed by atoms with van der Waals surface area (Å²) in [4.78, 5) is 28.8. The van der Waals surface area contributed by atoms with Gasteiger partial charge in [-0.3, -0.25) is 13.9 Å². The number of para-hydroxylation sites is 1. The zero-order valence-electron chi connectivity index (χ0n) is 23.6. The average Bonchev–Trinajstić information content (AvgIpc) is 2.98. The van der Waals surface area contributed by atoms with Crippen molar-refractivity contribution in [3.8, 4) is 5.75 Å². The van der Waals surface area contributed by atoms with E-state index < -0.39 is 62.1 Å². The molecule has 1 aromatic heterocycles. The molecule has 4 rings (SSSR count). The van der Waals surface area contributed by atoms with E-state index in [0.29, 0.717) is 0 Å². The van der Waals surface area contributed by atoms with Crippen molar-refractivity contribution < 1.29 is 37.4 Å². The van der Waals surface area contributed by atoms with Crippen molar-refractivity contribution >= 4 is 19.5 Å². The summed E-state index contributed by atoms with van der Waals surface area (Å²) >= 11 is 0. The zero-order chi connectivity index (χ0) is 31.2. The lowest BCUT2D eigenvalue weighted by Crippen LogP contribution is -2.61. The van der Waals surface area contributed by atoms with Crippen LogP contribution in [0.3, 0.4) is 0 Å². The summed E-state index contributed by atoms with van der Waals surface area (Å²) in [6.07, 6.45) is -1.86. The highest BCUT2D eigenvalue weighted by Gasteiger charge is 2.55. The first-order valence-electron chi connectivity index (χ1n) is 13.4. The number of nitrogens with one attached hydrogen (secondary N) is 1. The number of esters is 1. The van der Waals surface area contributed by atoms with Crippen molar-refractivity contribution in [2.75, 3.05) is 12.3 Å². The summed E-state index contributed by atoms with van der Waals surface area (Å²) in [6, 6.07) is 15.9. The first-order valence-corrected chi connectivity index (χ1v) is 14.9. The van der Waals surface area contributed by atoms with Crippen molar-refractivity contribution in [2.24, 2.45) is 0 Å². The number of nitrogens with two attached hydrogens (primary N) is 1. The van der Waals surface area contributed by atoms with E-state index in [2.05, 4.69) is 16.7 Å². The molecule has 1 aliphatic rings. The molecule has 0 amide bonds. The van der Waals surface area contributed by atoms with Crippen LogP contribution >= 0.6 is 7.75 Å². The van der Waals surface area contributed by atoms with Crippen LogP contribution in [-0.2, 0) is 30.0 Å². The first kappa shape index (κ1) is 32.1. The van der Waals surface area contributed by atoms with Crippen molar-refractivity contribution in [1.82, 2.24) is 14.6 Å². The van der Waals surface area contributed by atoms with E-state index in [-0.39, 0.29) is 18.2 Å². The zero-order valence-corrected chi connectivity index (χ0v) is 24.5. The number of halogens is 1. The summed E-state index contributed by atoms with van der Waals surface area (Å²) < 4.78 is 53.6. The third kappa shape index (κ3) is 7.75. The predicted octanol–water partition coefficient (Wildman–Crippen LogP) is 3.33. The SMILES string of the molecule is C=CC1O[C@H](COP(=O)(N[C@@H](C)C(=O)OCc2ccccc2)Oc2ccccc2)C(O)C(C)(F)[C@@H]1n1ccc(N)nc1=O. The molecular weight excluding hydrogens is 582 g/mol. The fraction of sp³-hybridized carbons (Fsp3) is 0.345. The number of rotatable bonds is 12. The Bertz CT molecular complexity index is 1510. The van der Waals surface area contributed by atoms with Gasteiger partial charge in [-0.1, -0.05) is 54.6 Å².